The molecular formula is C16H12ClFN2. The number of benzene rings is 1. The summed E-state index contributed by atoms with van der Waals surface area (Å²) in [5.41, 5.74) is 3.21. The summed E-state index contributed by atoms with van der Waals surface area (Å²) < 4.78 is 14.1. The summed E-state index contributed by atoms with van der Waals surface area (Å²) in [5, 5.41) is 9.53. The third-order valence-electron chi connectivity index (χ3n) is 3.68. The number of fused-ring (bicyclic) bond motifs is 1. The highest BCUT2D eigenvalue weighted by atomic mass is 35.5. The van der Waals surface area contributed by atoms with Crippen molar-refractivity contribution in [3.63, 3.8) is 0 Å². The summed E-state index contributed by atoms with van der Waals surface area (Å²) in [6, 6.07) is 8.58. The first kappa shape index (κ1) is 13.1. The van der Waals surface area contributed by atoms with Gasteiger partial charge in [0.25, 0.3) is 0 Å². The molecule has 100 valence electrons. The average Bonchev–Trinajstić information content (AvgIpc) is 2.46. The molecule has 4 heteroatoms. The molecular weight excluding hydrogens is 275 g/mol. The molecule has 1 aromatic heterocycles. The van der Waals surface area contributed by atoms with Gasteiger partial charge in [0.15, 0.2) is 0 Å². The molecule has 0 amide bonds. The van der Waals surface area contributed by atoms with Gasteiger partial charge < -0.3 is 0 Å². The van der Waals surface area contributed by atoms with E-state index < -0.39 is 0 Å². The fraction of sp³-hybridized carbons (Fsp3) is 0.250. The zero-order chi connectivity index (χ0) is 14.1. The van der Waals surface area contributed by atoms with E-state index in [1.54, 1.807) is 18.2 Å². The van der Waals surface area contributed by atoms with Crippen LogP contribution in [0.4, 0.5) is 4.39 Å². The summed E-state index contributed by atoms with van der Waals surface area (Å²) in [6.45, 7) is 0. The maximum absolute atomic E-state index is 14.1. The normalized spacial score (nSPS) is 13.7. The largest absolute Gasteiger partial charge is 0.239 e. The lowest BCUT2D eigenvalue weighted by atomic mass is 9.87. The fourth-order valence-corrected chi connectivity index (χ4v) is 3.01. The van der Waals surface area contributed by atoms with Gasteiger partial charge >= 0.3 is 0 Å². The number of hydrogen-bond donors (Lipinski definition) is 0. The Kier molecular flexibility index (Phi) is 3.42. The number of hydrogen-bond acceptors (Lipinski definition) is 2. The van der Waals surface area contributed by atoms with E-state index in [0.29, 0.717) is 11.1 Å². The molecule has 0 fully saturated rings. The van der Waals surface area contributed by atoms with E-state index in [0.717, 1.165) is 36.9 Å². The van der Waals surface area contributed by atoms with Gasteiger partial charge in [-0.25, -0.2) is 9.37 Å². The van der Waals surface area contributed by atoms with Crippen LogP contribution in [-0.2, 0) is 12.8 Å². The van der Waals surface area contributed by atoms with E-state index in [4.69, 9.17) is 11.6 Å². The lowest BCUT2D eigenvalue weighted by Crippen LogP contribution is -2.10. The van der Waals surface area contributed by atoms with Crippen LogP contribution in [0.2, 0.25) is 5.15 Å². The molecule has 0 atom stereocenters. The Balaban J connectivity index is 2.36. The minimum Gasteiger partial charge on any atom is -0.239 e. The third-order valence-corrected chi connectivity index (χ3v) is 3.96. The van der Waals surface area contributed by atoms with Crippen molar-refractivity contribution < 1.29 is 4.39 Å². The van der Waals surface area contributed by atoms with Gasteiger partial charge in [0.2, 0.25) is 0 Å². The monoisotopic (exact) mass is 286 g/mol. The van der Waals surface area contributed by atoms with Crippen LogP contribution < -0.4 is 0 Å². The predicted octanol–water partition coefficient (Wildman–Crippen LogP) is 4.29. The number of halogens is 2. The zero-order valence-corrected chi connectivity index (χ0v) is 11.5. The number of aryl methyl sites for hydroxylation is 1. The lowest BCUT2D eigenvalue weighted by Gasteiger charge is -2.20. The van der Waals surface area contributed by atoms with Gasteiger partial charge in [0, 0.05) is 16.8 Å². The van der Waals surface area contributed by atoms with Crippen LogP contribution in [0.3, 0.4) is 0 Å². The summed E-state index contributed by atoms with van der Waals surface area (Å²) in [7, 11) is 0. The van der Waals surface area contributed by atoms with E-state index in [1.165, 1.54) is 6.07 Å². The molecule has 20 heavy (non-hydrogen) atoms. The van der Waals surface area contributed by atoms with Crippen LogP contribution in [0.5, 0.6) is 0 Å². The Morgan fingerprint density at radius 2 is 1.95 bits per heavy atom. The molecule has 1 aliphatic rings. The first-order valence-electron chi connectivity index (χ1n) is 6.58. The van der Waals surface area contributed by atoms with E-state index in [9.17, 15) is 9.65 Å². The Bertz CT molecular complexity index is 719. The second kappa shape index (κ2) is 5.22. The topological polar surface area (TPSA) is 36.7 Å². The standard InChI is InChI=1S/C16H12ClFN2/c17-16-12(9-19)15(10-5-1-3-7-13(10)18)11-6-2-4-8-14(11)20-16/h1,3,5,7H,2,4,6,8H2. The van der Waals surface area contributed by atoms with E-state index in [-0.39, 0.29) is 16.5 Å². The van der Waals surface area contributed by atoms with Crippen molar-refractivity contribution in [1.82, 2.24) is 4.98 Å². The summed E-state index contributed by atoms with van der Waals surface area (Å²) in [5.74, 6) is -0.334. The van der Waals surface area contributed by atoms with Crippen molar-refractivity contribution in [1.29, 1.82) is 5.26 Å². The molecule has 3 rings (SSSR count). The maximum Gasteiger partial charge on any atom is 0.147 e. The van der Waals surface area contributed by atoms with Gasteiger partial charge in [-0.2, -0.15) is 5.26 Å². The van der Waals surface area contributed by atoms with Crippen molar-refractivity contribution in [3.05, 3.63) is 52.1 Å². The number of aromatic nitrogens is 1. The molecule has 0 unspecified atom stereocenters. The van der Waals surface area contributed by atoms with Crippen LogP contribution in [0.25, 0.3) is 11.1 Å². The van der Waals surface area contributed by atoms with Crippen LogP contribution in [0, 0.1) is 17.1 Å². The molecule has 0 spiro atoms. The van der Waals surface area contributed by atoms with Crippen LogP contribution in [0.1, 0.15) is 29.7 Å². The second-order valence-corrected chi connectivity index (χ2v) is 5.23. The number of nitriles is 1. The summed E-state index contributed by atoms with van der Waals surface area (Å²) >= 11 is 6.11. The molecule has 0 radical (unpaired) electrons. The van der Waals surface area contributed by atoms with Crippen molar-refractivity contribution in [2.24, 2.45) is 0 Å². The Morgan fingerprint density at radius 1 is 1.20 bits per heavy atom. The minimum absolute atomic E-state index is 0.173. The highest BCUT2D eigenvalue weighted by Crippen LogP contribution is 2.37. The Labute approximate surface area is 121 Å². The molecule has 1 aromatic carbocycles. The van der Waals surface area contributed by atoms with Gasteiger partial charge in [-0.3, -0.25) is 0 Å². The van der Waals surface area contributed by atoms with Gasteiger partial charge in [0.05, 0.1) is 5.56 Å². The van der Waals surface area contributed by atoms with E-state index >= 15 is 0 Å². The molecule has 2 aromatic rings. The maximum atomic E-state index is 14.1. The smallest absolute Gasteiger partial charge is 0.147 e. The molecule has 0 bridgehead atoms. The number of rotatable bonds is 1. The molecule has 2 nitrogen and oxygen atoms in total. The minimum atomic E-state index is -0.334. The van der Waals surface area contributed by atoms with E-state index in [1.807, 2.05) is 0 Å². The lowest BCUT2D eigenvalue weighted by molar-refractivity contribution is 0.629. The highest BCUT2D eigenvalue weighted by molar-refractivity contribution is 6.31. The molecule has 0 saturated carbocycles. The van der Waals surface area contributed by atoms with Crippen molar-refractivity contribution in [3.8, 4) is 17.2 Å². The average molecular weight is 287 g/mol. The quantitative estimate of drug-likeness (QED) is 0.733. The summed E-state index contributed by atoms with van der Waals surface area (Å²) in [4.78, 5) is 4.32. The second-order valence-electron chi connectivity index (χ2n) is 4.88. The Hall–Kier alpha value is -1.92. The van der Waals surface area contributed by atoms with Crippen molar-refractivity contribution >= 4 is 11.6 Å². The summed E-state index contributed by atoms with van der Waals surface area (Å²) in [6.07, 6.45) is 3.74. The van der Waals surface area contributed by atoms with Crippen LogP contribution in [-0.4, -0.2) is 4.98 Å². The van der Waals surface area contributed by atoms with Gasteiger partial charge in [-0.1, -0.05) is 29.8 Å². The molecule has 0 aliphatic heterocycles. The highest BCUT2D eigenvalue weighted by Gasteiger charge is 2.23. The van der Waals surface area contributed by atoms with Crippen LogP contribution >= 0.6 is 11.6 Å². The molecule has 0 N–H and O–H groups in total. The third kappa shape index (κ3) is 2.07. The molecule has 1 heterocycles. The fourth-order valence-electron chi connectivity index (χ4n) is 2.77. The van der Waals surface area contributed by atoms with Crippen molar-refractivity contribution in [2.45, 2.75) is 25.7 Å². The SMILES string of the molecule is N#Cc1c(Cl)nc2c(c1-c1ccccc1F)CCCC2. The van der Waals surface area contributed by atoms with Crippen LogP contribution in [0.15, 0.2) is 24.3 Å². The van der Waals surface area contributed by atoms with E-state index in [2.05, 4.69) is 11.1 Å². The number of nitrogens with zero attached hydrogens (tertiary/aromatic N) is 2. The zero-order valence-electron chi connectivity index (χ0n) is 10.8. The Morgan fingerprint density at radius 3 is 2.70 bits per heavy atom. The van der Waals surface area contributed by atoms with Gasteiger partial charge in [-0.05, 0) is 37.3 Å². The number of pyridine rings is 1. The molecule has 0 saturated heterocycles. The first-order chi connectivity index (χ1) is 9.72. The molecule has 1 aliphatic carbocycles. The van der Waals surface area contributed by atoms with Crippen molar-refractivity contribution in [2.75, 3.05) is 0 Å². The van der Waals surface area contributed by atoms with Gasteiger partial charge in [-0.15, -0.1) is 0 Å². The van der Waals surface area contributed by atoms with Gasteiger partial charge in [0.1, 0.15) is 17.0 Å². The first-order valence-corrected chi connectivity index (χ1v) is 6.96. The predicted molar refractivity (Wildman–Crippen MR) is 76.0 cm³/mol.